The highest BCUT2D eigenvalue weighted by Crippen LogP contribution is 2.43. The van der Waals surface area contributed by atoms with Crippen molar-refractivity contribution in [1.29, 1.82) is 0 Å². The Morgan fingerprint density at radius 1 is 1.44 bits per heavy atom. The maximum atomic E-state index is 11.3. The lowest BCUT2D eigenvalue weighted by Crippen LogP contribution is -2.60. The van der Waals surface area contributed by atoms with Crippen LogP contribution in [0.3, 0.4) is 0 Å². The van der Waals surface area contributed by atoms with Gasteiger partial charge in [0.05, 0.1) is 6.10 Å². The second kappa shape index (κ2) is 8.51. The fourth-order valence-electron chi connectivity index (χ4n) is 3.02. The SMILES string of the molecule is CCCC(C)(C)[Si](C)(C)O[C@@H]1O[C@@H](C)[C@@H](OC(C)=O)[C@@H](O)[C@@H]1N=[N+]=[N-]. The van der Waals surface area contributed by atoms with Crippen LogP contribution in [0.15, 0.2) is 5.11 Å². The molecule has 5 atom stereocenters. The van der Waals surface area contributed by atoms with Gasteiger partial charge >= 0.3 is 5.97 Å². The van der Waals surface area contributed by atoms with Crippen LogP contribution in [0.5, 0.6) is 0 Å². The minimum atomic E-state index is -2.25. The molecule has 1 N–H and O–H groups in total. The number of rotatable bonds is 7. The lowest BCUT2D eigenvalue weighted by atomic mass is 9.98. The molecule has 1 rings (SSSR count). The largest absolute Gasteiger partial charge is 0.457 e. The quantitative estimate of drug-likeness (QED) is 0.241. The van der Waals surface area contributed by atoms with Crippen LogP contribution in [0.2, 0.25) is 18.1 Å². The first kappa shape index (κ1) is 21.9. The molecule has 0 aliphatic carbocycles. The molecule has 0 saturated carbocycles. The molecule has 1 aliphatic heterocycles. The van der Waals surface area contributed by atoms with Gasteiger partial charge in [0.2, 0.25) is 0 Å². The Morgan fingerprint density at radius 2 is 2.04 bits per heavy atom. The van der Waals surface area contributed by atoms with Gasteiger partial charge < -0.3 is 19.0 Å². The van der Waals surface area contributed by atoms with E-state index in [-0.39, 0.29) is 5.04 Å². The van der Waals surface area contributed by atoms with E-state index in [0.717, 1.165) is 12.8 Å². The van der Waals surface area contributed by atoms with E-state index in [1.807, 2.05) is 0 Å². The molecule has 0 amide bonds. The summed E-state index contributed by atoms with van der Waals surface area (Å²) in [5.74, 6) is -0.530. The van der Waals surface area contributed by atoms with E-state index in [1.54, 1.807) is 6.92 Å². The number of esters is 1. The third-order valence-electron chi connectivity index (χ3n) is 5.18. The fraction of sp³-hybridized carbons (Fsp3) is 0.938. The van der Waals surface area contributed by atoms with E-state index in [9.17, 15) is 9.90 Å². The molecule has 144 valence electrons. The first-order chi connectivity index (χ1) is 11.5. The number of azide groups is 1. The maximum absolute atomic E-state index is 11.3. The van der Waals surface area contributed by atoms with Crippen molar-refractivity contribution in [3.05, 3.63) is 10.4 Å². The van der Waals surface area contributed by atoms with Gasteiger partial charge in [0.1, 0.15) is 12.1 Å². The van der Waals surface area contributed by atoms with Crippen molar-refractivity contribution in [2.45, 2.75) is 96.2 Å². The third-order valence-corrected chi connectivity index (χ3v) is 9.51. The van der Waals surface area contributed by atoms with Gasteiger partial charge in [0.25, 0.3) is 0 Å². The Hall–Kier alpha value is -1.12. The van der Waals surface area contributed by atoms with E-state index in [4.69, 9.17) is 19.4 Å². The standard InChI is InChI=1S/C16H31N3O5Si/c1-8-9-16(4,5)25(6,7)24-15-12(18-19-17)13(21)14(10(2)22-15)23-11(3)20/h10,12-15,21H,8-9H2,1-7H3/t10-,12-,13-,14+,15-/m0/s1. The predicted octanol–water partition coefficient (Wildman–Crippen LogP) is 3.50. The summed E-state index contributed by atoms with van der Waals surface area (Å²) < 4.78 is 17.3. The summed E-state index contributed by atoms with van der Waals surface area (Å²) in [6.07, 6.45) is -1.50. The lowest BCUT2D eigenvalue weighted by molar-refractivity contribution is -0.238. The number of nitrogens with zero attached hydrogens (tertiary/aromatic N) is 3. The van der Waals surface area contributed by atoms with Gasteiger partial charge in [0.15, 0.2) is 20.7 Å². The second-order valence-corrected chi connectivity index (χ2v) is 12.3. The molecule has 1 aliphatic rings. The molecule has 8 nitrogen and oxygen atoms in total. The second-order valence-electron chi connectivity index (χ2n) is 7.73. The highest BCUT2D eigenvalue weighted by atomic mass is 28.4. The van der Waals surface area contributed by atoms with Crippen LogP contribution >= 0.6 is 0 Å². The molecule has 9 heteroatoms. The molecule has 25 heavy (non-hydrogen) atoms. The number of hydrogen-bond donors (Lipinski definition) is 1. The van der Waals surface area contributed by atoms with Crippen molar-refractivity contribution in [2.75, 3.05) is 0 Å². The van der Waals surface area contributed by atoms with Crippen LogP contribution in [-0.4, -0.2) is 50.0 Å². The Kier molecular flexibility index (Phi) is 7.46. The average molecular weight is 374 g/mol. The summed E-state index contributed by atoms with van der Waals surface area (Å²) in [6.45, 7) is 13.6. The summed E-state index contributed by atoms with van der Waals surface area (Å²) in [5, 5.41) is 14.2. The Labute approximate surface area is 150 Å². The Bertz CT molecular complexity index is 522. The highest BCUT2D eigenvalue weighted by molar-refractivity contribution is 6.74. The van der Waals surface area contributed by atoms with Crippen LogP contribution in [0, 0.1) is 0 Å². The number of aliphatic hydroxyl groups excluding tert-OH is 1. The number of hydrogen-bond acceptors (Lipinski definition) is 6. The lowest BCUT2D eigenvalue weighted by Gasteiger charge is -2.47. The van der Waals surface area contributed by atoms with Gasteiger partial charge in [-0.1, -0.05) is 32.3 Å². The summed E-state index contributed by atoms with van der Waals surface area (Å²) >= 11 is 0. The van der Waals surface area contributed by atoms with E-state index >= 15 is 0 Å². The van der Waals surface area contributed by atoms with Crippen LogP contribution in [-0.2, 0) is 18.7 Å². The van der Waals surface area contributed by atoms with Gasteiger partial charge in [-0.2, -0.15) is 0 Å². The predicted molar refractivity (Wildman–Crippen MR) is 96.3 cm³/mol. The fourth-order valence-corrected chi connectivity index (χ4v) is 4.96. The van der Waals surface area contributed by atoms with Gasteiger partial charge in [-0.3, -0.25) is 4.79 Å². The topological polar surface area (TPSA) is 114 Å². The first-order valence-corrected chi connectivity index (χ1v) is 11.6. The zero-order chi connectivity index (χ0) is 19.4. The number of carbonyl (C=O) groups is 1. The monoisotopic (exact) mass is 373 g/mol. The molecule has 0 spiro atoms. The van der Waals surface area contributed by atoms with Gasteiger partial charge in [0, 0.05) is 11.8 Å². The van der Waals surface area contributed by atoms with Crippen LogP contribution in [0.1, 0.15) is 47.5 Å². The molecule has 0 aromatic carbocycles. The average Bonchev–Trinajstić information content (AvgIpc) is 2.47. The van der Waals surface area contributed by atoms with Crippen LogP contribution < -0.4 is 0 Å². The maximum Gasteiger partial charge on any atom is 0.303 e. The summed E-state index contributed by atoms with van der Waals surface area (Å²) in [7, 11) is -2.25. The molecule has 1 heterocycles. The van der Waals surface area contributed by atoms with Gasteiger partial charge in [-0.05, 0) is 37.0 Å². The van der Waals surface area contributed by atoms with Crippen molar-refractivity contribution < 1.29 is 23.8 Å². The summed E-state index contributed by atoms with van der Waals surface area (Å²) in [6, 6.07) is -0.977. The van der Waals surface area contributed by atoms with Crippen LogP contribution in [0.4, 0.5) is 0 Å². The minimum Gasteiger partial charge on any atom is -0.457 e. The van der Waals surface area contributed by atoms with Crippen molar-refractivity contribution in [3.8, 4) is 0 Å². The smallest absolute Gasteiger partial charge is 0.303 e. The van der Waals surface area contributed by atoms with Crippen LogP contribution in [0.25, 0.3) is 10.4 Å². The molecule has 0 aromatic heterocycles. The molecule has 1 fully saturated rings. The highest BCUT2D eigenvalue weighted by Gasteiger charge is 2.50. The summed E-state index contributed by atoms with van der Waals surface area (Å²) in [5.41, 5.74) is 8.87. The van der Waals surface area contributed by atoms with E-state index in [2.05, 4.69) is 43.9 Å². The van der Waals surface area contributed by atoms with Crippen molar-refractivity contribution >= 4 is 14.3 Å². The molecule has 0 bridgehead atoms. The zero-order valence-electron chi connectivity index (χ0n) is 16.2. The first-order valence-electron chi connectivity index (χ1n) is 8.69. The van der Waals surface area contributed by atoms with Gasteiger partial charge in [-0.25, -0.2) is 0 Å². The minimum absolute atomic E-state index is 0.0209. The molecular formula is C16H31N3O5Si. The molecule has 0 aromatic rings. The number of carbonyl (C=O) groups excluding carboxylic acids is 1. The van der Waals surface area contributed by atoms with E-state index in [0.29, 0.717) is 0 Å². The number of aliphatic hydroxyl groups is 1. The molecule has 0 unspecified atom stereocenters. The summed E-state index contributed by atoms with van der Waals surface area (Å²) in [4.78, 5) is 14.1. The van der Waals surface area contributed by atoms with Crippen molar-refractivity contribution in [1.82, 2.24) is 0 Å². The van der Waals surface area contributed by atoms with E-state index < -0.39 is 44.9 Å². The van der Waals surface area contributed by atoms with Crippen molar-refractivity contribution in [2.24, 2.45) is 5.11 Å². The Balaban J connectivity index is 3.05. The zero-order valence-corrected chi connectivity index (χ0v) is 17.2. The van der Waals surface area contributed by atoms with E-state index in [1.165, 1.54) is 6.92 Å². The van der Waals surface area contributed by atoms with Crippen molar-refractivity contribution in [3.63, 3.8) is 0 Å². The molecule has 1 saturated heterocycles. The molecular weight excluding hydrogens is 342 g/mol. The third kappa shape index (κ3) is 5.18. The molecule has 0 radical (unpaired) electrons. The normalized spacial score (nSPS) is 30.5. The number of ether oxygens (including phenoxy) is 2. The van der Waals surface area contributed by atoms with Gasteiger partial charge in [-0.15, -0.1) is 0 Å². The Morgan fingerprint density at radius 3 is 2.52 bits per heavy atom.